The number of morpholine rings is 1. The summed E-state index contributed by atoms with van der Waals surface area (Å²) in [6.07, 6.45) is 4.18. The second kappa shape index (κ2) is 8.85. The van der Waals surface area contributed by atoms with Crippen molar-refractivity contribution in [1.29, 1.82) is 0 Å². The number of nitrogens with zero attached hydrogens (tertiary/aromatic N) is 1. The Morgan fingerprint density at radius 2 is 1.96 bits per heavy atom. The third kappa shape index (κ3) is 4.32. The second-order valence-corrected chi connectivity index (χ2v) is 8.51. The van der Waals surface area contributed by atoms with Crippen molar-refractivity contribution in [1.82, 2.24) is 10.2 Å². The molecule has 1 aliphatic carbocycles. The summed E-state index contributed by atoms with van der Waals surface area (Å²) in [5, 5.41) is 3.31. The highest BCUT2D eigenvalue weighted by Gasteiger charge is 2.51. The molecule has 1 atom stereocenters. The molecular formula is C21H31BrN2O2. The normalized spacial score (nSPS) is 20.8. The molecule has 0 spiro atoms. The SMILES string of the molecule is CCC(CC)C(CNC(=O)C1(c2cccc(Br)c2)CC1)N1CCOCC1. The maximum atomic E-state index is 13.1. The van der Waals surface area contributed by atoms with E-state index in [1.165, 1.54) is 0 Å². The van der Waals surface area contributed by atoms with Crippen LogP contribution >= 0.6 is 15.9 Å². The van der Waals surface area contributed by atoms with Crippen LogP contribution in [0, 0.1) is 5.92 Å². The van der Waals surface area contributed by atoms with Crippen LogP contribution in [-0.2, 0) is 14.9 Å². The van der Waals surface area contributed by atoms with Gasteiger partial charge in [-0.05, 0) is 36.5 Å². The van der Waals surface area contributed by atoms with Gasteiger partial charge in [0.1, 0.15) is 0 Å². The van der Waals surface area contributed by atoms with E-state index < -0.39 is 0 Å². The van der Waals surface area contributed by atoms with E-state index >= 15 is 0 Å². The molecule has 4 nitrogen and oxygen atoms in total. The maximum absolute atomic E-state index is 13.1. The lowest BCUT2D eigenvalue weighted by atomic mass is 9.91. The second-order valence-electron chi connectivity index (χ2n) is 7.59. The monoisotopic (exact) mass is 422 g/mol. The van der Waals surface area contributed by atoms with Crippen LogP contribution in [0.5, 0.6) is 0 Å². The summed E-state index contributed by atoms with van der Waals surface area (Å²) in [6, 6.07) is 8.60. The van der Waals surface area contributed by atoms with Gasteiger partial charge in [0.05, 0.1) is 18.6 Å². The number of halogens is 1. The Labute approximate surface area is 165 Å². The van der Waals surface area contributed by atoms with Crippen LogP contribution in [0.1, 0.15) is 45.1 Å². The van der Waals surface area contributed by atoms with E-state index in [1.807, 2.05) is 12.1 Å². The van der Waals surface area contributed by atoms with Gasteiger partial charge in [0, 0.05) is 30.1 Å². The predicted molar refractivity (Wildman–Crippen MR) is 108 cm³/mol. The zero-order chi connectivity index (χ0) is 18.6. The molecule has 0 radical (unpaired) electrons. The van der Waals surface area contributed by atoms with Gasteiger partial charge in [-0.15, -0.1) is 0 Å². The molecule has 2 fully saturated rings. The lowest BCUT2D eigenvalue weighted by molar-refractivity contribution is -0.124. The Hall–Kier alpha value is -0.910. The lowest BCUT2D eigenvalue weighted by Gasteiger charge is -2.39. The molecule has 1 aromatic carbocycles. The fraction of sp³-hybridized carbons (Fsp3) is 0.667. The molecule has 144 valence electrons. The van der Waals surface area contributed by atoms with Crippen molar-refractivity contribution in [2.45, 2.75) is 51.0 Å². The van der Waals surface area contributed by atoms with E-state index in [0.29, 0.717) is 12.0 Å². The van der Waals surface area contributed by atoms with E-state index in [9.17, 15) is 4.79 Å². The summed E-state index contributed by atoms with van der Waals surface area (Å²) in [4.78, 5) is 15.6. The summed E-state index contributed by atoms with van der Waals surface area (Å²) in [7, 11) is 0. The third-order valence-corrected chi connectivity index (χ3v) is 6.63. The van der Waals surface area contributed by atoms with E-state index in [4.69, 9.17) is 4.74 Å². The Kier molecular flexibility index (Phi) is 6.76. The summed E-state index contributed by atoms with van der Waals surface area (Å²) in [5.41, 5.74) is 0.822. The third-order valence-electron chi connectivity index (χ3n) is 6.14. The fourth-order valence-electron chi connectivity index (χ4n) is 4.26. The van der Waals surface area contributed by atoms with Crippen LogP contribution in [-0.4, -0.2) is 49.7 Å². The van der Waals surface area contributed by atoms with E-state index in [2.05, 4.69) is 52.1 Å². The minimum atomic E-state index is -0.312. The number of hydrogen-bond donors (Lipinski definition) is 1. The number of carbonyl (C=O) groups excluding carboxylic acids is 1. The molecule has 2 aliphatic rings. The van der Waals surface area contributed by atoms with E-state index in [-0.39, 0.29) is 11.3 Å². The average molecular weight is 423 g/mol. The minimum Gasteiger partial charge on any atom is -0.379 e. The Morgan fingerprint density at radius 1 is 1.27 bits per heavy atom. The molecule has 1 N–H and O–H groups in total. The first-order valence-electron chi connectivity index (χ1n) is 9.97. The van der Waals surface area contributed by atoms with Crippen molar-refractivity contribution in [3.63, 3.8) is 0 Å². The van der Waals surface area contributed by atoms with Gasteiger partial charge in [0.2, 0.25) is 5.91 Å². The molecule has 1 saturated heterocycles. The van der Waals surface area contributed by atoms with Crippen molar-refractivity contribution >= 4 is 21.8 Å². The molecule has 1 saturated carbocycles. The highest BCUT2D eigenvalue weighted by Crippen LogP contribution is 2.48. The van der Waals surface area contributed by atoms with Crippen LogP contribution in [0.4, 0.5) is 0 Å². The van der Waals surface area contributed by atoms with Crippen molar-refractivity contribution in [2.75, 3.05) is 32.8 Å². The zero-order valence-electron chi connectivity index (χ0n) is 16.0. The van der Waals surface area contributed by atoms with Crippen LogP contribution in [0.15, 0.2) is 28.7 Å². The van der Waals surface area contributed by atoms with Crippen molar-refractivity contribution in [2.24, 2.45) is 5.92 Å². The molecule has 1 heterocycles. The lowest BCUT2D eigenvalue weighted by Crippen LogP contribution is -2.53. The zero-order valence-corrected chi connectivity index (χ0v) is 17.6. The maximum Gasteiger partial charge on any atom is 0.230 e. The van der Waals surface area contributed by atoms with E-state index in [0.717, 1.165) is 68.6 Å². The highest BCUT2D eigenvalue weighted by atomic mass is 79.9. The summed E-state index contributed by atoms with van der Waals surface area (Å²) in [6.45, 7) is 8.78. The van der Waals surface area contributed by atoms with Crippen LogP contribution in [0.25, 0.3) is 0 Å². The molecule has 1 aliphatic heterocycles. The van der Waals surface area contributed by atoms with Gasteiger partial charge in [-0.1, -0.05) is 54.8 Å². The first-order chi connectivity index (χ1) is 12.6. The summed E-state index contributed by atoms with van der Waals surface area (Å²) in [5.74, 6) is 0.800. The summed E-state index contributed by atoms with van der Waals surface area (Å²) >= 11 is 3.53. The Bertz CT molecular complexity index is 608. The van der Waals surface area contributed by atoms with Crippen molar-refractivity contribution < 1.29 is 9.53 Å². The van der Waals surface area contributed by atoms with Crippen LogP contribution in [0.3, 0.4) is 0 Å². The fourth-order valence-corrected chi connectivity index (χ4v) is 4.66. The first kappa shape index (κ1) is 19.8. The number of amides is 1. The number of hydrogen-bond acceptors (Lipinski definition) is 3. The number of benzene rings is 1. The van der Waals surface area contributed by atoms with E-state index in [1.54, 1.807) is 0 Å². The molecule has 0 bridgehead atoms. The molecule has 1 amide bonds. The van der Waals surface area contributed by atoms with Crippen LogP contribution < -0.4 is 5.32 Å². The van der Waals surface area contributed by atoms with Crippen molar-refractivity contribution in [3.05, 3.63) is 34.3 Å². The van der Waals surface area contributed by atoms with Gasteiger partial charge >= 0.3 is 0 Å². The average Bonchev–Trinajstić information content (AvgIpc) is 3.48. The molecular weight excluding hydrogens is 392 g/mol. The van der Waals surface area contributed by atoms with Gasteiger partial charge in [0.25, 0.3) is 0 Å². The van der Waals surface area contributed by atoms with Crippen LogP contribution in [0.2, 0.25) is 0 Å². The molecule has 3 rings (SSSR count). The van der Waals surface area contributed by atoms with Gasteiger partial charge in [-0.25, -0.2) is 0 Å². The first-order valence-corrected chi connectivity index (χ1v) is 10.8. The van der Waals surface area contributed by atoms with Gasteiger partial charge in [0.15, 0.2) is 0 Å². The molecule has 5 heteroatoms. The quantitative estimate of drug-likeness (QED) is 0.693. The van der Waals surface area contributed by atoms with Gasteiger partial charge in [-0.3, -0.25) is 9.69 Å². The molecule has 1 aromatic rings. The number of carbonyl (C=O) groups is 1. The predicted octanol–water partition coefficient (Wildman–Crippen LogP) is 3.73. The molecule has 1 unspecified atom stereocenters. The van der Waals surface area contributed by atoms with Gasteiger partial charge < -0.3 is 10.1 Å². The Balaban J connectivity index is 1.67. The number of rotatable bonds is 8. The van der Waals surface area contributed by atoms with Crippen molar-refractivity contribution in [3.8, 4) is 0 Å². The summed E-state index contributed by atoms with van der Waals surface area (Å²) < 4.78 is 6.56. The molecule has 0 aromatic heterocycles. The smallest absolute Gasteiger partial charge is 0.230 e. The topological polar surface area (TPSA) is 41.6 Å². The van der Waals surface area contributed by atoms with Gasteiger partial charge in [-0.2, -0.15) is 0 Å². The largest absolute Gasteiger partial charge is 0.379 e. The Morgan fingerprint density at radius 3 is 2.54 bits per heavy atom. The minimum absolute atomic E-state index is 0.194. The standard InChI is InChI=1S/C21H31BrN2O2/c1-3-16(4-2)19(24-10-12-26-13-11-24)15-23-20(25)21(8-9-21)17-6-5-7-18(22)14-17/h5-7,14,16,19H,3-4,8-13,15H2,1-2H3,(H,23,25). The molecule has 26 heavy (non-hydrogen) atoms. The highest BCUT2D eigenvalue weighted by molar-refractivity contribution is 9.10. The number of nitrogens with one attached hydrogen (secondary N) is 1. The number of ether oxygens (including phenoxy) is 1.